The average Bonchev–Trinajstić information content (AvgIpc) is 3.07. The Labute approximate surface area is 157 Å². The predicted molar refractivity (Wildman–Crippen MR) is 105 cm³/mol. The van der Waals surface area contributed by atoms with Crippen molar-refractivity contribution in [3.05, 3.63) is 35.4 Å². The third-order valence-electron chi connectivity index (χ3n) is 5.85. The van der Waals surface area contributed by atoms with E-state index in [0.29, 0.717) is 12.4 Å². The normalized spacial score (nSPS) is 19.7. The number of carbonyl (C=O) groups excluding carboxylic acids is 1. The van der Waals surface area contributed by atoms with E-state index < -0.39 is 0 Å². The van der Waals surface area contributed by atoms with Crippen LogP contribution in [0, 0.1) is 5.41 Å². The molecule has 3 rings (SSSR count). The number of carbonyl (C=O) groups is 1. The first-order chi connectivity index (χ1) is 11.5. The zero-order valence-corrected chi connectivity index (χ0v) is 16.2. The van der Waals surface area contributed by atoms with Crippen molar-refractivity contribution in [1.82, 2.24) is 9.80 Å². The number of hydrogen-bond donors (Lipinski definition) is 1. The summed E-state index contributed by atoms with van der Waals surface area (Å²) in [4.78, 5) is 15.7. The van der Waals surface area contributed by atoms with Gasteiger partial charge in [0.1, 0.15) is 0 Å². The molecule has 1 aromatic rings. The van der Waals surface area contributed by atoms with Crippen LogP contribution < -0.4 is 0 Å². The highest BCUT2D eigenvalue weighted by Crippen LogP contribution is 2.44. The van der Waals surface area contributed by atoms with Crippen LogP contribution in [0.15, 0.2) is 24.3 Å². The van der Waals surface area contributed by atoms with Gasteiger partial charge in [-0.2, -0.15) is 0 Å². The average molecular weight is 364 g/mol. The van der Waals surface area contributed by atoms with Crippen molar-refractivity contribution in [1.29, 1.82) is 5.41 Å². The SMILES string of the molecule is CCc1cccc(C2(CC(=N)N3CCN(C)C(=O)C3)CCCC2)c1.Cl. The van der Waals surface area contributed by atoms with E-state index in [1.807, 2.05) is 11.9 Å². The summed E-state index contributed by atoms with van der Waals surface area (Å²) in [6.45, 7) is 4.06. The minimum absolute atomic E-state index is 0. The van der Waals surface area contributed by atoms with E-state index in [-0.39, 0.29) is 23.7 Å². The largest absolute Gasteiger partial charge is 0.349 e. The van der Waals surface area contributed by atoms with Gasteiger partial charge in [-0.1, -0.05) is 44.0 Å². The Morgan fingerprint density at radius 1 is 1.24 bits per heavy atom. The monoisotopic (exact) mass is 363 g/mol. The standard InChI is InChI=1S/C20H29N3O.ClH/c1-3-16-7-6-8-17(13-16)20(9-4-5-10-20)14-18(21)23-12-11-22(2)19(24)15-23;/h6-8,13,21H,3-5,9-12,14-15H2,1-2H3;1H. The van der Waals surface area contributed by atoms with Gasteiger partial charge < -0.3 is 9.80 Å². The topological polar surface area (TPSA) is 47.4 Å². The smallest absolute Gasteiger partial charge is 0.241 e. The van der Waals surface area contributed by atoms with Crippen molar-refractivity contribution < 1.29 is 4.79 Å². The van der Waals surface area contributed by atoms with E-state index in [9.17, 15) is 4.79 Å². The van der Waals surface area contributed by atoms with Crippen LogP contribution in [0.25, 0.3) is 0 Å². The molecule has 2 fully saturated rings. The highest BCUT2D eigenvalue weighted by molar-refractivity contribution is 5.88. The van der Waals surface area contributed by atoms with Crippen LogP contribution in [0.4, 0.5) is 0 Å². The Morgan fingerprint density at radius 3 is 2.60 bits per heavy atom. The number of amidine groups is 1. The molecule has 1 N–H and O–H groups in total. The molecule has 0 bridgehead atoms. The molecule has 1 aliphatic carbocycles. The molecule has 1 saturated heterocycles. The van der Waals surface area contributed by atoms with Gasteiger partial charge in [-0.05, 0) is 30.4 Å². The van der Waals surface area contributed by atoms with Crippen LogP contribution in [0.3, 0.4) is 0 Å². The van der Waals surface area contributed by atoms with Crippen LogP contribution in [0.5, 0.6) is 0 Å². The van der Waals surface area contributed by atoms with Gasteiger partial charge in [-0.25, -0.2) is 0 Å². The number of piperazine rings is 1. The third kappa shape index (κ3) is 4.17. The van der Waals surface area contributed by atoms with Gasteiger partial charge in [0.25, 0.3) is 0 Å². The zero-order valence-electron chi connectivity index (χ0n) is 15.4. The molecule has 0 radical (unpaired) electrons. The Morgan fingerprint density at radius 2 is 1.96 bits per heavy atom. The summed E-state index contributed by atoms with van der Waals surface area (Å²) < 4.78 is 0. The molecule has 0 atom stereocenters. The first-order valence-corrected chi connectivity index (χ1v) is 9.20. The van der Waals surface area contributed by atoms with Crippen LogP contribution >= 0.6 is 12.4 Å². The lowest BCUT2D eigenvalue weighted by atomic mass is 9.75. The van der Waals surface area contributed by atoms with Crippen LogP contribution in [0.2, 0.25) is 0 Å². The number of benzene rings is 1. The number of halogens is 1. The van der Waals surface area contributed by atoms with Gasteiger partial charge in [-0.3, -0.25) is 10.2 Å². The van der Waals surface area contributed by atoms with Crippen molar-refractivity contribution >= 4 is 24.1 Å². The van der Waals surface area contributed by atoms with E-state index in [1.54, 1.807) is 4.90 Å². The Balaban J connectivity index is 0.00000225. The van der Waals surface area contributed by atoms with E-state index in [0.717, 1.165) is 38.8 Å². The number of likely N-dealkylation sites (N-methyl/N-ethyl adjacent to an activating group) is 1. The summed E-state index contributed by atoms with van der Waals surface area (Å²) in [5, 5.41) is 8.63. The molecule has 1 saturated carbocycles. The quantitative estimate of drug-likeness (QED) is 0.656. The third-order valence-corrected chi connectivity index (χ3v) is 5.85. The summed E-state index contributed by atoms with van der Waals surface area (Å²) in [6, 6.07) is 8.94. The van der Waals surface area contributed by atoms with E-state index in [1.165, 1.54) is 24.0 Å². The van der Waals surface area contributed by atoms with Crippen LogP contribution in [-0.2, 0) is 16.6 Å². The number of aryl methyl sites for hydroxylation is 1. The molecule has 138 valence electrons. The molecule has 4 nitrogen and oxygen atoms in total. The van der Waals surface area contributed by atoms with Crippen molar-refractivity contribution in [3.8, 4) is 0 Å². The Kier molecular flexibility index (Phi) is 6.50. The molecule has 25 heavy (non-hydrogen) atoms. The summed E-state index contributed by atoms with van der Waals surface area (Å²) in [5.41, 5.74) is 2.86. The Bertz CT molecular complexity index is 625. The summed E-state index contributed by atoms with van der Waals surface area (Å²) in [7, 11) is 1.85. The second-order valence-corrected chi connectivity index (χ2v) is 7.40. The van der Waals surface area contributed by atoms with Gasteiger partial charge in [0, 0.05) is 32.0 Å². The molecule has 0 spiro atoms. The molecule has 1 heterocycles. The lowest BCUT2D eigenvalue weighted by Crippen LogP contribution is -2.51. The Hall–Kier alpha value is -1.55. The molecule has 2 aliphatic rings. The summed E-state index contributed by atoms with van der Waals surface area (Å²) in [5.74, 6) is 0.764. The number of nitrogens with zero attached hydrogens (tertiary/aromatic N) is 2. The second-order valence-electron chi connectivity index (χ2n) is 7.40. The lowest BCUT2D eigenvalue weighted by Gasteiger charge is -2.37. The van der Waals surface area contributed by atoms with E-state index in [2.05, 4.69) is 31.2 Å². The molecule has 5 heteroatoms. The number of hydrogen-bond acceptors (Lipinski definition) is 2. The van der Waals surface area contributed by atoms with Gasteiger partial charge in [0.05, 0.1) is 12.4 Å². The van der Waals surface area contributed by atoms with E-state index in [4.69, 9.17) is 5.41 Å². The highest BCUT2D eigenvalue weighted by atomic mass is 35.5. The van der Waals surface area contributed by atoms with Crippen molar-refractivity contribution in [2.24, 2.45) is 0 Å². The molecule has 1 aromatic carbocycles. The van der Waals surface area contributed by atoms with Crippen molar-refractivity contribution in [2.45, 2.75) is 50.9 Å². The molecule has 0 aromatic heterocycles. The van der Waals surface area contributed by atoms with Crippen LogP contribution in [-0.4, -0.2) is 48.2 Å². The van der Waals surface area contributed by atoms with Crippen LogP contribution in [0.1, 0.15) is 50.2 Å². The fraction of sp³-hybridized carbons (Fsp3) is 0.600. The minimum atomic E-state index is 0. The highest BCUT2D eigenvalue weighted by Gasteiger charge is 2.38. The van der Waals surface area contributed by atoms with Gasteiger partial charge in [0.15, 0.2) is 0 Å². The molecule has 1 amide bonds. The van der Waals surface area contributed by atoms with Gasteiger partial charge in [0.2, 0.25) is 5.91 Å². The van der Waals surface area contributed by atoms with Gasteiger partial charge in [-0.15, -0.1) is 12.4 Å². The molecule has 0 unspecified atom stereocenters. The maximum atomic E-state index is 12.0. The first-order valence-electron chi connectivity index (χ1n) is 9.20. The molecular weight excluding hydrogens is 334 g/mol. The maximum absolute atomic E-state index is 12.0. The number of nitrogens with one attached hydrogen (secondary N) is 1. The molecular formula is C20H30ClN3O. The minimum Gasteiger partial charge on any atom is -0.349 e. The van der Waals surface area contributed by atoms with E-state index >= 15 is 0 Å². The zero-order chi connectivity index (χ0) is 17.2. The fourth-order valence-electron chi connectivity index (χ4n) is 4.16. The predicted octanol–water partition coefficient (Wildman–Crippen LogP) is 3.62. The first kappa shape index (κ1) is 19.8. The number of amides is 1. The molecule has 1 aliphatic heterocycles. The summed E-state index contributed by atoms with van der Waals surface area (Å²) >= 11 is 0. The van der Waals surface area contributed by atoms with Crippen molar-refractivity contribution in [2.75, 3.05) is 26.7 Å². The maximum Gasteiger partial charge on any atom is 0.241 e. The second kappa shape index (κ2) is 8.22. The summed E-state index contributed by atoms with van der Waals surface area (Å²) in [6.07, 6.45) is 6.61. The number of rotatable bonds is 4. The van der Waals surface area contributed by atoms with Gasteiger partial charge >= 0.3 is 0 Å². The lowest BCUT2D eigenvalue weighted by molar-refractivity contribution is -0.132. The fourth-order valence-corrected chi connectivity index (χ4v) is 4.16. The van der Waals surface area contributed by atoms with Crippen molar-refractivity contribution in [3.63, 3.8) is 0 Å².